The number of benzene rings is 2. The quantitative estimate of drug-likeness (QED) is 0.552. The molecule has 1 saturated heterocycles. The van der Waals surface area contributed by atoms with Crippen molar-refractivity contribution in [3.63, 3.8) is 0 Å². The van der Waals surface area contributed by atoms with Crippen molar-refractivity contribution in [3.05, 3.63) is 57.7 Å². The molecule has 7 heteroatoms. The first-order valence-corrected chi connectivity index (χ1v) is 9.54. The van der Waals surface area contributed by atoms with Gasteiger partial charge in [-0.1, -0.05) is 36.4 Å². The maximum absolute atomic E-state index is 12.2. The zero-order valence-corrected chi connectivity index (χ0v) is 16.3. The lowest BCUT2D eigenvalue weighted by Crippen LogP contribution is -2.49. The number of fused-ring (bicyclic) bond motifs is 1. The summed E-state index contributed by atoms with van der Waals surface area (Å²) >= 11 is 2.26. The maximum atomic E-state index is 12.2. The molecule has 4 rings (SSSR count). The number of oxazole rings is 1. The number of anilines is 1. The number of para-hydroxylation sites is 1. The summed E-state index contributed by atoms with van der Waals surface area (Å²) in [5.74, 6) is 0. The van der Waals surface area contributed by atoms with Gasteiger partial charge in [-0.15, -0.1) is 0 Å². The third-order valence-corrected chi connectivity index (χ3v) is 5.24. The van der Waals surface area contributed by atoms with Crippen molar-refractivity contribution in [2.75, 3.05) is 31.1 Å². The Bertz CT molecular complexity index is 905. The van der Waals surface area contributed by atoms with Crippen LogP contribution in [0.3, 0.4) is 0 Å². The van der Waals surface area contributed by atoms with E-state index in [0.717, 1.165) is 20.2 Å². The number of halogens is 1. The van der Waals surface area contributed by atoms with E-state index in [-0.39, 0.29) is 6.09 Å². The van der Waals surface area contributed by atoms with E-state index < -0.39 is 0 Å². The Morgan fingerprint density at radius 3 is 2.58 bits per heavy atom. The Morgan fingerprint density at radius 1 is 1.08 bits per heavy atom. The summed E-state index contributed by atoms with van der Waals surface area (Å²) in [4.78, 5) is 20.6. The van der Waals surface area contributed by atoms with Crippen LogP contribution in [0.4, 0.5) is 10.8 Å². The van der Waals surface area contributed by atoms with E-state index in [1.54, 1.807) is 4.90 Å². The first-order valence-electron chi connectivity index (χ1n) is 8.46. The molecule has 1 aromatic heterocycles. The Balaban J connectivity index is 1.34. The van der Waals surface area contributed by atoms with Gasteiger partial charge in [0.2, 0.25) is 0 Å². The molecule has 1 amide bonds. The first-order chi connectivity index (χ1) is 12.7. The zero-order chi connectivity index (χ0) is 17.9. The van der Waals surface area contributed by atoms with Crippen molar-refractivity contribution in [2.24, 2.45) is 0 Å². The van der Waals surface area contributed by atoms with Crippen LogP contribution in [-0.4, -0.2) is 42.2 Å². The van der Waals surface area contributed by atoms with Gasteiger partial charge in [0.1, 0.15) is 12.1 Å². The number of piperazine rings is 1. The van der Waals surface area contributed by atoms with Crippen molar-refractivity contribution in [2.45, 2.75) is 6.61 Å². The molecule has 0 radical (unpaired) electrons. The molecule has 26 heavy (non-hydrogen) atoms. The topological polar surface area (TPSA) is 58.8 Å². The Labute approximate surface area is 164 Å². The number of carbonyl (C=O) groups is 1. The second-order valence-corrected chi connectivity index (χ2v) is 7.26. The molecule has 0 saturated carbocycles. The molecule has 2 aromatic carbocycles. The summed E-state index contributed by atoms with van der Waals surface area (Å²) < 4.78 is 12.3. The third kappa shape index (κ3) is 3.62. The fourth-order valence-corrected chi connectivity index (χ4v) is 3.52. The van der Waals surface area contributed by atoms with Crippen LogP contribution in [0, 0.1) is 3.57 Å². The highest BCUT2D eigenvalue weighted by Crippen LogP contribution is 2.26. The lowest BCUT2D eigenvalue weighted by Gasteiger charge is -2.33. The number of carbonyl (C=O) groups excluding carboxylic acids is 1. The number of hydrogen-bond donors (Lipinski definition) is 0. The Kier molecular flexibility index (Phi) is 4.96. The molecule has 0 atom stereocenters. The SMILES string of the molecule is O=C(OCc1ccccc1)N1CCN(c2nc3c(I)cccc3o2)CC1. The number of ether oxygens (including phenoxy) is 1. The summed E-state index contributed by atoms with van der Waals surface area (Å²) in [6.07, 6.45) is -0.277. The van der Waals surface area contributed by atoms with Gasteiger partial charge in [-0.3, -0.25) is 0 Å². The average Bonchev–Trinajstić information content (AvgIpc) is 3.13. The van der Waals surface area contributed by atoms with Crippen molar-refractivity contribution in [1.29, 1.82) is 0 Å². The fourth-order valence-electron chi connectivity index (χ4n) is 2.93. The van der Waals surface area contributed by atoms with Crippen molar-refractivity contribution in [3.8, 4) is 0 Å². The Morgan fingerprint density at radius 2 is 1.85 bits per heavy atom. The lowest BCUT2D eigenvalue weighted by molar-refractivity contribution is 0.0938. The molecular weight excluding hydrogens is 445 g/mol. The molecule has 0 bridgehead atoms. The molecule has 1 aliphatic heterocycles. The van der Waals surface area contributed by atoms with Gasteiger partial charge in [0, 0.05) is 29.7 Å². The smallest absolute Gasteiger partial charge is 0.410 e. The van der Waals surface area contributed by atoms with E-state index >= 15 is 0 Å². The van der Waals surface area contributed by atoms with Gasteiger partial charge in [-0.05, 0) is 40.3 Å². The summed E-state index contributed by atoms with van der Waals surface area (Å²) in [6, 6.07) is 16.2. The van der Waals surface area contributed by atoms with Gasteiger partial charge in [0.25, 0.3) is 6.01 Å². The van der Waals surface area contributed by atoms with Crippen molar-refractivity contribution in [1.82, 2.24) is 9.88 Å². The van der Waals surface area contributed by atoms with Gasteiger partial charge in [0.15, 0.2) is 5.58 Å². The monoisotopic (exact) mass is 463 g/mol. The van der Waals surface area contributed by atoms with E-state index in [2.05, 4.69) is 32.5 Å². The summed E-state index contributed by atoms with van der Waals surface area (Å²) in [5, 5.41) is 0. The molecule has 2 heterocycles. The summed E-state index contributed by atoms with van der Waals surface area (Å²) in [5.41, 5.74) is 2.66. The molecule has 134 valence electrons. The molecule has 1 aliphatic rings. The molecular formula is C19H18IN3O3. The molecule has 3 aromatic rings. The number of aromatic nitrogens is 1. The predicted molar refractivity (Wildman–Crippen MR) is 107 cm³/mol. The van der Waals surface area contributed by atoms with Crippen molar-refractivity contribution >= 4 is 45.8 Å². The van der Waals surface area contributed by atoms with Crippen molar-refractivity contribution < 1.29 is 13.9 Å². The van der Waals surface area contributed by atoms with E-state index in [9.17, 15) is 4.79 Å². The minimum absolute atomic E-state index is 0.277. The third-order valence-electron chi connectivity index (χ3n) is 4.37. The lowest BCUT2D eigenvalue weighted by atomic mass is 10.2. The van der Waals surface area contributed by atoms with Gasteiger partial charge in [-0.25, -0.2) is 4.79 Å². The van der Waals surface area contributed by atoms with Crippen LogP contribution in [0.1, 0.15) is 5.56 Å². The number of rotatable bonds is 3. The molecule has 0 N–H and O–H groups in total. The van der Waals surface area contributed by atoms with Crippen LogP contribution in [0.25, 0.3) is 11.1 Å². The maximum Gasteiger partial charge on any atom is 0.410 e. The minimum Gasteiger partial charge on any atom is -0.445 e. The molecule has 0 unspecified atom stereocenters. The Hall–Kier alpha value is -2.29. The van der Waals surface area contributed by atoms with Gasteiger partial charge >= 0.3 is 6.09 Å². The number of amides is 1. The molecule has 0 spiro atoms. The molecule has 6 nitrogen and oxygen atoms in total. The number of hydrogen-bond acceptors (Lipinski definition) is 5. The zero-order valence-electron chi connectivity index (χ0n) is 14.1. The predicted octanol–water partition coefficient (Wildman–Crippen LogP) is 3.89. The minimum atomic E-state index is -0.277. The van der Waals surface area contributed by atoms with E-state index in [1.165, 1.54) is 0 Å². The van der Waals surface area contributed by atoms with E-state index in [0.29, 0.717) is 38.8 Å². The van der Waals surface area contributed by atoms with Gasteiger partial charge in [-0.2, -0.15) is 4.98 Å². The average molecular weight is 463 g/mol. The van der Waals surface area contributed by atoms with Crippen LogP contribution < -0.4 is 4.90 Å². The van der Waals surface area contributed by atoms with E-state index in [4.69, 9.17) is 9.15 Å². The fraction of sp³-hybridized carbons (Fsp3) is 0.263. The standard InChI is InChI=1S/C19H18IN3O3/c20-15-7-4-8-16-17(15)21-18(26-16)22-9-11-23(12-10-22)19(24)25-13-14-5-2-1-3-6-14/h1-8H,9-13H2. The molecule has 0 aliphatic carbocycles. The second-order valence-electron chi connectivity index (χ2n) is 6.10. The van der Waals surface area contributed by atoms with Crippen LogP contribution in [0.2, 0.25) is 0 Å². The van der Waals surface area contributed by atoms with Crippen LogP contribution >= 0.6 is 22.6 Å². The second kappa shape index (κ2) is 7.53. The summed E-state index contributed by atoms with van der Waals surface area (Å²) in [7, 11) is 0. The first kappa shape index (κ1) is 17.1. The molecule has 1 fully saturated rings. The van der Waals surface area contributed by atoms with Gasteiger partial charge < -0.3 is 19.0 Å². The normalized spacial score (nSPS) is 14.7. The van der Waals surface area contributed by atoms with E-state index in [1.807, 2.05) is 48.5 Å². The number of nitrogens with zero attached hydrogens (tertiary/aromatic N) is 3. The highest BCUT2D eigenvalue weighted by atomic mass is 127. The highest BCUT2D eigenvalue weighted by Gasteiger charge is 2.25. The van der Waals surface area contributed by atoms with Crippen LogP contribution in [-0.2, 0) is 11.3 Å². The largest absolute Gasteiger partial charge is 0.445 e. The van der Waals surface area contributed by atoms with Crippen LogP contribution in [0.5, 0.6) is 0 Å². The summed E-state index contributed by atoms with van der Waals surface area (Å²) in [6.45, 7) is 2.81. The highest BCUT2D eigenvalue weighted by molar-refractivity contribution is 14.1. The van der Waals surface area contributed by atoms with Gasteiger partial charge in [0.05, 0.1) is 0 Å². The van der Waals surface area contributed by atoms with Crippen LogP contribution in [0.15, 0.2) is 52.9 Å².